The Morgan fingerprint density at radius 3 is 2.56 bits per heavy atom. The van der Waals surface area contributed by atoms with Gasteiger partial charge in [0.15, 0.2) is 5.15 Å². The maximum Gasteiger partial charge on any atom is 0.308 e. The number of carboxylic acids is 1. The average Bonchev–Trinajstić information content (AvgIpc) is 2.24. The molecular formula is C12H18ClN3O2. The van der Waals surface area contributed by atoms with E-state index in [4.69, 9.17) is 16.7 Å². The molecule has 2 N–H and O–H groups in total. The maximum absolute atomic E-state index is 11.2. The number of nitrogens with zero attached hydrogens (tertiary/aromatic N) is 2. The molecule has 0 fully saturated rings. The molecule has 0 saturated carbocycles. The summed E-state index contributed by atoms with van der Waals surface area (Å²) in [5.74, 6) is -0.735. The molecular weight excluding hydrogens is 254 g/mol. The summed E-state index contributed by atoms with van der Waals surface area (Å²) in [4.78, 5) is 11.2. The van der Waals surface area contributed by atoms with Crippen molar-refractivity contribution in [1.82, 2.24) is 10.2 Å². The van der Waals surface area contributed by atoms with Crippen molar-refractivity contribution in [3.8, 4) is 0 Å². The molecule has 6 heteroatoms. The minimum absolute atomic E-state index is 0.0313. The first kappa shape index (κ1) is 14.7. The number of carbonyl (C=O) groups is 1. The van der Waals surface area contributed by atoms with Crippen molar-refractivity contribution < 1.29 is 9.90 Å². The van der Waals surface area contributed by atoms with E-state index in [-0.39, 0.29) is 5.41 Å². The van der Waals surface area contributed by atoms with Crippen LogP contribution in [-0.4, -0.2) is 27.8 Å². The van der Waals surface area contributed by atoms with Crippen molar-refractivity contribution >= 4 is 23.4 Å². The highest BCUT2D eigenvalue weighted by Crippen LogP contribution is 2.24. The molecule has 0 radical (unpaired) electrons. The van der Waals surface area contributed by atoms with Crippen LogP contribution in [0.2, 0.25) is 5.15 Å². The second kappa shape index (κ2) is 6.00. The van der Waals surface area contributed by atoms with Gasteiger partial charge in [-0.1, -0.05) is 32.4 Å². The van der Waals surface area contributed by atoms with Gasteiger partial charge in [0.25, 0.3) is 0 Å². The molecule has 0 aliphatic heterocycles. The Morgan fingerprint density at radius 2 is 2.11 bits per heavy atom. The third-order valence-electron chi connectivity index (χ3n) is 2.37. The summed E-state index contributed by atoms with van der Waals surface area (Å²) >= 11 is 5.62. The Labute approximate surface area is 112 Å². The second-order valence-corrected chi connectivity index (χ2v) is 5.81. The molecule has 5 nitrogen and oxygen atoms in total. The van der Waals surface area contributed by atoms with Gasteiger partial charge >= 0.3 is 5.97 Å². The summed E-state index contributed by atoms with van der Waals surface area (Å²) < 4.78 is 0. The zero-order valence-electron chi connectivity index (χ0n) is 10.8. The second-order valence-electron chi connectivity index (χ2n) is 5.42. The molecule has 100 valence electrons. The van der Waals surface area contributed by atoms with Crippen LogP contribution in [0.4, 0.5) is 5.82 Å². The summed E-state index contributed by atoms with van der Waals surface area (Å²) in [6.07, 6.45) is 0.594. The highest BCUT2D eigenvalue weighted by Gasteiger charge is 2.24. The summed E-state index contributed by atoms with van der Waals surface area (Å²) in [7, 11) is 0. The van der Waals surface area contributed by atoms with Gasteiger partial charge in [-0.2, -0.15) is 0 Å². The largest absolute Gasteiger partial charge is 0.481 e. The van der Waals surface area contributed by atoms with Crippen LogP contribution >= 0.6 is 11.6 Å². The van der Waals surface area contributed by atoms with Crippen molar-refractivity contribution in [3.05, 3.63) is 17.3 Å². The number of aliphatic carboxylic acids is 1. The zero-order chi connectivity index (χ0) is 13.8. The number of carboxylic acid groups (broad SMARTS) is 1. The SMILES string of the molecule is CC(C)(C)CC(CNc1ccc(Cl)nn1)C(=O)O. The van der Waals surface area contributed by atoms with Gasteiger partial charge in [-0.3, -0.25) is 4.79 Å². The van der Waals surface area contributed by atoms with E-state index in [1.807, 2.05) is 20.8 Å². The van der Waals surface area contributed by atoms with E-state index in [9.17, 15) is 4.79 Å². The van der Waals surface area contributed by atoms with E-state index in [1.165, 1.54) is 0 Å². The fourth-order valence-corrected chi connectivity index (χ4v) is 1.72. The lowest BCUT2D eigenvalue weighted by Gasteiger charge is -2.23. The number of hydrogen-bond donors (Lipinski definition) is 2. The Kier molecular flexibility index (Phi) is 4.90. The first-order valence-corrected chi connectivity index (χ1v) is 6.11. The summed E-state index contributed by atoms with van der Waals surface area (Å²) in [6.45, 7) is 6.38. The first-order chi connectivity index (χ1) is 8.28. The van der Waals surface area contributed by atoms with E-state index in [0.29, 0.717) is 23.9 Å². The summed E-state index contributed by atoms with van der Waals surface area (Å²) in [6, 6.07) is 3.28. The zero-order valence-corrected chi connectivity index (χ0v) is 11.5. The Morgan fingerprint density at radius 1 is 1.44 bits per heavy atom. The van der Waals surface area contributed by atoms with E-state index in [0.717, 1.165) is 0 Å². The molecule has 1 unspecified atom stereocenters. The normalized spacial score (nSPS) is 13.1. The Bertz CT molecular complexity index is 401. The van der Waals surface area contributed by atoms with Crippen molar-refractivity contribution in [1.29, 1.82) is 0 Å². The maximum atomic E-state index is 11.2. The molecule has 0 spiro atoms. The fraction of sp³-hybridized carbons (Fsp3) is 0.583. The smallest absolute Gasteiger partial charge is 0.308 e. The van der Waals surface area contributed by atoms with Crippen LogP contribution < -0.4 is 5.32 Å². The highest BCUT2D eigenvalue weighted by molar-refractivity contribution is 6.29. The molecule has 1 aromatic heterocycles. The highest BCUT2D eigenvalue weighted by atomic mass is 35.5. The lowest BCUT2D eigenvalue weighted by Crippen LogP contribution is -2.27. The standard InChI is InChI=1S/C12H18ClN3O2/c1-12(2,3)6-8(11(17)18)7-14-10-5-4-9(13)15-16-10/h4-5,8H,6-7H2,1-3H3,(H,14,16)(H,17,18). The number of halogens is 1. The number of nitrogens with one attached hydrogen (secondary N) is 1. The van der Waals surface area contributed by atoms with Gasteiger partial charge in [0.1, 0.15) is 5.82 Å². The van der Waals surface area contributed by atoms with E-state index in [2.05, 4.69) is 15.5 Å². The molecule has 0 bridgehead atoms. The van der Waals surface area contributed by atoms with Gasteiger partial charge in [-0.25, -0.2) is 0 Å². The molecule has 0 aliphatic rings. The van der Waals surface area contributed by atoms with E-state index < -0.39 is 11.9 Å². The van der Waals surface area contributed by atoms with Crippen molar-refractivity contribution in [2.75, 3.05) is 11.9 Å². The molecule has 0 aliphatic carbocycles. The summed E-state index contributed by atoms with van der Waals surface area (Å²) in [5.41, 5.74) is -0.0313. The van der Waals surface area contributed by atoms with Gasteiger partial charge in [-0.15, -0.1) is 10.2 Å². The minimum Gasteiger partial charge on any atom is -0.481 e. The number of anilines is 1. The summed E-state index contributed by atoms with van der Waals surface area (Å²) in [5, 5.41) is 19.9. The quantitative estimate of drug-likeness (QED) is 0.861. The Balaban J connectivity index is 2.57. The van der Waals surface area contributed by atoms with Gasteiger partial charge in [0, 0.05) is 6.54 Å². The molecule has 1 rings (SSSR count). The third kappa shape index (κ3) is 5.31. The van der Waals surface area contributed by atoms with Gasteiger partial charge in [0.2, 0.25) is 0 Å². The molecule has 1 atom stereocenters. The number of hydrogen-bond acceptors (Lipinski definition) is 4. The van der Waals surface area contributed by atoms with Gasteiger partial charge in [-0.05, 0) is 24.0 Å². The van der Waals surface area contributed by atoms with E-state index in [1.54, 1.807) is 12.1 Å². The third-order valence-corrected chi connectivity index (χ3v) is 2.57. The van der Waals surface area contributed by atoms with Crippen LogP contribution in [0.5, 0.6) is 0 Å². The lowest BCUT2D eigenvalue weighted by molar-refractivity contribution is -0.142. The molecule has 18 heavy (non-hydrogen) atoms. The first-order valence-electron chi connectivity index (χ1n) is 5.74. The average molecular weight is 272 g/mol. The Hall–Kier alpha value is -1.36. The van der Waals surface area contributed by atoms with Gasteiger partial charge < -0.3 is 10.4 Å². The van der Waals surface area contributed by atoms with Crippen LogP contribution in [0.1, 0.15) is 27.2 Å². The number of rotatable bonds is 5. The van der Waals surface area contributed by atoms with Crippen LogP contribution in [0, 0.1) is 11.3 Å². The topological polar surface area (TPSA) is 75.1 Å². The molecule has 0 amide bonds. The predicted molar refractivity (Wildman–Crippen MR) is 70.7 cm³/mol. The van der Waals surface area contributed by atoms with Crippen LogP contribution in [0.25, 0.3) is 0 Å². The van der Waals surface area contributed by atoms with Crippen LogP contribution in [0.15, 0.2) is 12.1 Å². The van der Waals surface area contributed by atoms with Crippen LogP contribution in [-0.2, 0) is 4.79 Å². The predicted octanol–water partition coefficient (Wildman–Crippen LogP) is 2.68. The van der Waals surface area contributed by atoms with E-state index >= 15 is 0 Å². The fourth-order valence-electron chi connectivity index (χ4n) is 1.62. The molecule has 0 aromatic carbocycles. The van der Waals surface area contributed by atoms with Crippen molar-refractivity contribution in [2.45, 2.75) is 27.2 Å². The van der Waals surface area contributed by atoms with Gasteiger partial charge in [0.05, 0.1) is 5.92 Å². The minimum atomic E-state index is -0.806. The van der Waals surface area contributed by atoms with Crippen molar-refractivity contribution in [3.63, 3.8) is 0 Å². The van der Waals surface area contributed by atoms with Crippen LogP contribution in [0.3, 0.4) is 0 Å². The number of aromatic nitrogens is 2. The van der Waals surface area contributed by atoms with Crippen molar-refractivity contribution in [2.24, 2.45) is 11.3 Å². The molecule has 1 aromatic rings. The molecule has 1 heterocycles. The molecule has 0 saturated heterocycles. The monoisotopic (exact) mass is 271 g/mol. The lowest BCUT2D eigenvalue weighted by atomic mass is 9.84.